The summed E-state index contributed by atoms with van der Waals surface area (Å²) in [4.78, 5) is 11.1. The molecule has 1 atom stereocenters. The zero-order valence-electron chi connectivity index (χ0n) is 10.4. The van der Waals surface area contributed by atoms with Gasteiger partial charge in [-0.1, -0.05) is 20.8 Å². The number of halogens is 6. The van der Waals surface area contributed by atoms with Crippen molar-refractivity contribution >= 4 is 15.3 Å². The van der Waals surface area contributed by atoms with Crippen LogP contribution in [0.25, 0.3) is 0 Å². The van der Waals surface area contributed by atoms with E-state index in [1.807, 2.05) is 0 Å². The third-order valence-corrected chi connectivity index (χ3v) is 3.71. The first-order chi connectivity index (χ1) is 8.45. The molecule has 0 rings (SSSR count). The highest BCUT2D eigenvalue weighted by Gasteiger charge is 2.65. The van der Waals surface area contributed by atoms with Crippen molar-refractivity contribution in [1.82, 2.24) is 0 Å². The Morgan fingerprint density at radius 1 is 1.21 bits per heavy atom. The summed E-state index contributed by atoms with van der Waals surface area (Å²) < 4.78 is 82.9. The van der Waals surface area contributed by atoms with Gasteiger partial charge in [0, 0.05) is 5.92 Å². The van der Waals surface area contributed by atoms with E-state index in [1.54, 1.807) is 0 Å². The van der Waals surface area contributed by atoms with Crippen molar-refractivity contribution in [2.75, 3.05) is 0 Å². The average molecular weight is 312 g/mol. The van der Waals surface area contributed by atoms with Crippen LogP contribution < -0.4 is 0 Å². The number of alkyl halides is 6. The van der Waals surface area contributed by atoms with Crippen molar-refractivity contribution in [3.63, 3.8) is 0 Å². The normalized spacial score (nSPS) is 14.9. The molecule has 10 heteroatoms. The molecule has 0 aromatic carbocycles. The summed E-state index contributed by atoms with van der Waals surface area (Å²) in [5.74, 6) is -7.22. The van der Waals surface area contributed by atoms with Crippen LogP contribution in [0.4, 0.5) is 26.3 Å². The summed E-state index contributed by atoms with van der Waals surface area (Å²) in [6.07, 6.45) is -9.97. The van der Waals surface area contributed by atoms with Crippen molar-refractivity contribution in [2.45, 2.75) is 45.3 Å². The minimum absolute atomic E-state index is 0.257. The Labute approximate surface area is 107 Å². The van der Waals surface area contributed by atoms with Gasteiger partial charge < -0.3 is 8.85 Å². The quantitative estimate of drug-likeness (QED) is 0.535. The van der Waals surface area contributed by atoms with E-state index in [0.717, 1.165) is 0 Å². The second-order valence-electron chi connectivity index (χ2n) is 3.99. The van der Waals surface area contributed by atoms with E-state index < -0.39 is 39.6 Å². The van der Waals surface area contributed by atoms with E-state index in [1.165, 1.54) is 20.8 Å². The SMILES string of the molecule is CC[SiH](OC(=O)C(C)C)OC(F)(F)C(F)(F)C(F)F. The summed E-state index contributed by atoms with van der Waals surface area (Å²) in [6, 6.07) is -0.257. The molecule has 1 unspecified atom stereocenters. The molecule has 0 saturated carbocycles. The fraction of sp³-hybridized carbons (Fsp3) is 0.889. The molecule has 0 spiro atoms. The molecule has 0 aromatic rings. The summed E-state index contributed by atoms with van der Waals surface area (Å²) in [7, 11) is -3.51. The average Bonchev–Trinajstić information content (AvgIpc) is 2.26. The molecular formula is C9H14F6O3Si. The number of rotatable bonds is 7. The lowest BCUT2D eigenvalue weighted by molar-refractivity contribution is -0.347. The van der Waals surface area contributed by atoms with Gasteiger partial charge in [-0.05, 0) is 6.04 Å². The maximum atomic E-state index is 12.9. The lowest BCUT2D eigenvalue weighted by atomic mass is 10.2. The monoisotopic (exact) mass is 312 g/mol. The van der Waals surface area contributed by atoms with Gasteiger partial charge >= 0.3 is 27.7 Å². The van der Waals surface area contributed by atoms with Crippen LogP contribution in [-0.4, -0.2) is 33.7 Å². The Hall–Kier alpha value is -0.773. The third-order valence-electron chi connectivity index (χ3n) is 1.99. The van der Waals surface area contributed by atoms with Crippen LogP contribution in [0.5, 0.6) is 0 Å². The largest absolute Gasteiger partial charge is 0.496 e. The maximum absolute atomic E-state index is 12.9. The molecule has 114 valence electrons. The van der Waals surface area contributed by atoms with Gasteiger partial charge in [0.15, 0.2) is 0 Å². The first-order valence-corrected chi connectivity index (χ1v) is 7.13. The molecule has 0 heterocycles. The predicted molar refractivity (Wildman–Crippen MR) is 55.5 cm³/mol. The van der Waals surface area contributed by atoms with Gasteiger partial charge in [0.05, 0.1) is 0 Å². The van der Waals surface area contributed by atoms with E-state index >= 15 is 0 Å². The fourth-order valence-electron chi connectivity index (χ4n) is 0.827. The van der Waals surface area contributed by atoms with Gasteiger partial charge in [0.1, 0.15) is 0 Å². The smallest absolute Gasteiger partial charge is 0.418 e. The Balaban J connectivity index is 4.82. The van der Waals surface area contributed by atoms with Crippen molar-refractivity contribution in [1.29, 1.82) is 0 Å². The molecule has 0 N–H and O–H groups in total. The highest BCUT2D eigenvalue weighted by atomic mass is 28.3. The molecule has 0 aliphatic rings. The third kappa shape index (κ3) is 4.68. The minimum atomic E-state index is -5.64. The molecule has 19 heavy (non-hydrogen) atoms. The van der Waals surface area contributed by atoms with Gasteiger partial charge in [-0.25, -0.2) is 8.78 Å². The number of hydrogen-bond donors (Lipinski definition) is 0. The second-order valence-corrected chi connectivity index (χ2v) is 6.13. The van der Waals surface area contributed by atoms with Crippen LogP contribution in [-0.2, 0) is 13.6 Å². The van der Waals surface area contributed by atoms with Crippen molar-refractivity contribution in [3.05, 3.63) is 0 Å². The van der Waals surface area contributed by atoms with E-state index in [-0.39, 0.29) is 6.04 Å². The van der Waals surface area contributed by atoms with Crippen molar-refractivity contribution in [2.24, 2.45) is 5.92 Å². The summed E-state index contributed by atoms with van der Waals surface area (Å²) in [6.45, 7) is 4.06. The predicted octanol–water partition coefficient (Wildman–Crippen LogP) is 2.94. The first-order valence-electron chi connectivity index (χ1n) is 5.37. The zero-order valence-corrected chi connectivity index (χ0v) is 11.6. The Morgan fingerprint density at radius 2 is 1.68 bits per heavy atom. The summed E-state index contributed by atoms with van der Waals surface area (Å²) in [5.41, 5.74) is 0. The van der Waals surface area contributed by atoms with Crippen LogP contribution in [0.15, 0.2) is 0 Å². The van der Waals surface area contributed by atoms with E-state index in [2.05, 4.69) is 8.85 Å². The number of hydrogen-bond acceptors (Lipinski definition) is 3. The molecule has 0 aromatic heterocycles. The summed E-state index contributed by atoms with van der Waals surface area (Å²) in [5, 5.41) is 0. The maximum Gasteiger partial charge on any atom is 0.418 e. The van der Waals surface area contributed by atoms with Crippen LogP contribution in [0.3, 0.4) is 0 Å². The Bertz CT molecular complexity index is 310. The second kappa shape index (κ2) is 6.59. The van der Waals surface area contributed by atoms with Gasteiger partial charge in [-0.2, -0.15) is 17.6 Å². The van der Waals surface area contributed by atoms with Crippen LogP contribution in [0.1, 0.15) is 20.8 Å². The van der Waals surface area contributed by atoms with Crippen LogP contribution >= 0.6 is 0 Å². The lowest BCUT2D eigenvalue weighted by Crippen LogP contribution is -2.51. The topological polar surface area (TPSA) is 35.5 Å². The highest BCUT2D eigenvalue weighted by Crippen LogP contribution is 2.40. The van der Waals surface area contributed by atoms with E-state index in [0.29, 0.717) is 0 Å². The molecule has 0 radical (unpaired) electrons. The van der Waals surface area contributed by atoms with Gasteiger partial charge in [-0.3, -0.25) is 4.79 Å². The molecule has 0 aliphatic carbocycles. The molecule has 0 amide bonds. The van der Waals surface area contributed by atoms with Gasteiger partial charge in [0.25, 0.3) is 5.97 Å². The minimum Gasteiger partial charge on any atom is -0.496 e. The number of carbonyl (C=O) groups is 1. The Kier molecular flexibility index (Phi) is 6.33. The van der Waals surface area contributed by atoms with E-state index in [9.17, 15) is 31.1 Å². The molecule has 0 saturated heterocycles. The Morgan fingerprint density at radius 3 is 2.00 bits per heavy atom. The first kappa shape index (κ1) is 18.2. The highest BCUT2D eigenvalue weighted by molar-refractivity contribution is 6.46. The molecule has 0 bridgehead atoms. The lowest BCUT2D eigenvalue weighted by Gasteiger charge is -2.28. The van der Waals surface area contributed by atoms with Gasteiger partial charge in [0.2, 0.25) is 0 Å². The standard InChI is InChI=1S/C9H14F6O3Si/c1-4-19(17-6(16)5(2)3)18-9(14,15)8(12,13)7(10)11/h5,7,19H,4H2,1-3H3. The fourth-order valence-corrected chi connectivity index (χ4v) is 2.23. The molecule has 0 aliphatic heterocycles. The molecule has 0 fully saturated rings. The van der Waals surface area contributed by atoms with Crippen LogP contribution in [0.2, 0.25) is 6.04 Å². The summed E-state index contributed by atoms with van der Waals surface area (Å²) >= 11 is 0. The van der Waals surface area contributed by atoms with Gasteiger partial charge in [-0.15, -0.1) is 0 Å². The van der Waals surface area contributed by atoms with Crippen molar-refractivity contribution < 1.29 is 40.0 Å². The number of carbonyl (C=O) groups excluding carboxylic acids is 1. The van der Waals surface area contributed by atoms with Crippen molar-refractivity contribution in [3.8, 4) is 0 Å². The molecular weight excluding hydrogens is 298 g/mol. The van der Waals surface area contributed by atoms with E-state index in [4.69, 9.17) is 0 Å². The van der Waals surface area contributed by atoms with Crippen LogP contribution in [0, 0.1) is 5.92 Å². The zero-order chi connectivity index (χ0) is 15.4. The molecule has 3 nitrogen and oxygen atoms in total.